The maximum Gasteiger partial charge on any atom is 0.0917 e. The summed E-state index contributed by atoms with van der Waals surface area (Å²) in [7, 11) is 0. The lowest BCUT2D eigenvalue weighted by Crippen LogP contribution is -2.24. The van der Waals surface area contributed by atoms with E-state index in [1.165, 1.54) is 54.6 Å². The highest BCUT2D eigenvalue weighted by atomic mass is 15.1. The van der Waals surface area contributed by atoms with Gasteiger partial charge in [-0.15, -0.1) is 0 Å². The molecule has 33 heavy (non-hydrogen) atoms. The minimum absolute atomic E-state index is 0.793. The third-order valence-corrected chi connectivity index (χ3v) is 4.77. The second kappa shape index (κ2) is 20.4. The molecule has 186 valence electrons. The summed E-state index contributed by atoms with van der Waals surface area (Å²) in [5, 5.41) is 9.90. The van der Waals surface area contributed by atoms with Crippen LogP contribution in [0.4, 0.5) is 0 Å². The third-order valence-electron chi connectivity index (χ3n) is 4.77. The Morgan fingerprint density at radius 2 is 1.18 bits per heavy atom. The summed E-state index contributed by atoms with van der Waals surface area (Å²) < 4.78 is 0. The Balaban J connectivity index is 0.000000701. The van der Waals surface area contributed by atoms with Crippen LogP contribution in [0.15, 0.2) is 60.9 Å². The summed E-state index contributed by atoms with van der Waals surface area (Å²) in [4.78, 5) is 0. The molecular formula is C30H51N3. The Bertz CT molecular complexity index is 684. The first-order valence-electron chi connectivity index (χ1n) is 12.9. The molecule has 1 heterocycles. The van der Waals surface area contributed by atoms with Gasteiger partial charge in [-0.05, 0) is 61.9 Å². The molecule has 3 nitrogen and oxygen atoms in total. The summed E-state index contributed by atoms with van der Waals surface area (Å²) in [5.74, 6) is 1.69. The van der Waals surface area contributed by atoms with Crippen molar-refractivity contribution >= 4 is 0 Å². The molecule has 0 aromatic heterocycles. The SMILES string of the molecule is C1CCNCC1.C=C(NCc1ccc(C)cc1)NCc1ccc(CC)cc1.CC.CC(C)C. The molecule has 3 rings (SSSR count). The average Bonchev–Trinajstić information content (AvgIpc) is 2.85. The normalized spacial score (nSPS) is 12.1. The van der Waals surface area contributed by atoms with Crippen molar-refractivity contribution in [2.75, 3.05) is 13.1 Å². The molecule has 3 N–H and O–H groups in total. The van der Waals surface area contributed by atoms with Crippen LogP contribution < -0.4 is 16.0 Å². The molecule has 1 saturated heterocycles. The quantitative estimate of drug-likeness (QED) is 0.410. The number of nitrogens with one attached hydrogen (secondary N) is 3. The first kappa shape index (κ1) is 30.7. The van der Waals surface area contributed by atoms with Crippen LogP contribution in [0.1, 0.15) is 83.1 Å². The molecular weight excluding hydrogens is 402 g/mol. The largest absolute Gasteiger partial charge is 0.368 e. The summed E-state index contributed by atoms with van der Waals surface area (Å²) in [6.45, 7) is 22.9. The number of hydrogen-bond donors (Lipinski definition) is 3. The lowest BCUT2D eigenvalue weighted by molar-refractivity contribution is 0.520. The molecule has 1 fully saturated rings. The van der Waals surface area contributed by atoms with Crippen LogP contribution in [0.25, 0.3) is 0 Å². The molecule has 0 amide bonds. The molecule has 0 aliphatic carbocycles. The molecule has 0 atom stereocenters. The van der Waals surface area contributed by atoms with Crippen LogP contribution in [-0.2, 0) is 19.5 Å². The standard InChI is InChI=1S/C19H24N2.C5H11N.C4H10.C2H6/c1-4-17-9-11-19(12-10-17)14-21-16(3)20-13-18-7-5-15(2)6-8-18;1-2-4-6-5-3-1;1-4(2)3;1-2/h5-12,20-21H,3-4,13-14H2,1-2H3;6H,1-5H2;4H,1-3H3;1-2H3. The smallest absolute Gasteiger partial charge is 0.0917 e. The molecule has 2 aromatic carbocycles. The summed E-state index contributed by atoms with van der Waals surface area (Å²) in [6, 6.07) is 17.2. The Morgan fingerprint density at radius 1 is 0.788 bits per heavy atom. The lowest BCUT2D eigenvalue weighted by atomic mass is 10.1. The fourth-order valence-corrected chi connectivity index (χ4v) is 2.88. The van der Waals surface area contributed by atoms with Crippen molar-refractivity contribution in [1.82, 2.24) is 16.0 Å². The lowest BCUT2D eigenvalue weighted by Gasteiger charge is -2.12. The first-order chi connectivity index (χ1) is 15.9. The Hall–Kier alpha value is -2.26. The van der Waals surface area contributed by atoms with E-state index in [0.717, 1.165) is 31.2 Å². The minimum atomic E-state index is 0.793. The van der Waals surface area contributed by atoms with Crippen molar-refractivity contribution in [3.8, 4) is 0 Å². The number of rotatable bonds is 7. The van der Waals surface area contributed by atoms with E-state index >= 15 is 0 Å². The molecule has 0 spiro atoms. The predicted molar refractivity (Wildman–Crippen MR) is 148 cm³/mol. The number of benzene rings is 2. The second-order valence-corrected chi connectivity index (χ2v) is 8.88. The maximum absolute atomic E-state index is 4.01. The van der Waals surface area contributed by atoms with Gasteiger partial charge in [0.1, 0.15) is 0 Å². The van der Waals surface area contributed by atoms with E-state index in [-0.39, 0.29) is 0 Å². The van der Waals surface area contributed by atoms with Gasteiger partial charge in [0.2, 0.25) is 0 Å². The maximum atomic E-state index is 4.01. The van der Waals surface area contributed by atoms with E-state index in [1.807, 2.05) is 13.8 Å². The third kappa shape index (κ3) is 17.9. The number of aryl methyl sites for hydroxylation is 2. The fourth-order valence-electron chi connectivity index (χ4n) is 2.88. The van der Waals surface area contributed by atoms with Crippen molar-refractivity contribution < 1.29 is 0 Å². The topological polar surface area (TPSA) is 36.1 Å². The molecule has 0 saturated carbocycles. The van der Waals surface area contributed by atoms with Gasteiger partial charge in [-0.2, -0.15) is 0 Å². The minimum Gasteiger partial charge on any atom is -0.368 e. The van der Waals surface area contributed by atoms with Gasteiger partial charge in [0, 0.05) is 13.1 Å². The van der Waals surface area contributed by atoms with Crippen LogP contribution >= 0.6 is 0 Å². The summed E-state index contributed by atoms with van der Waals surface area (Å²) in [6.07, 6.45) is 5.30. The van der Waals surface area contributed by atoms with E-state index < -0.39 is 0 Å². The van der Waals surface area contributed by atoms with Gasteiger partial charge >= 0.3 is 0 Å². The fraction of sp³-hybridized carbons (Fsp3) is 0.533. The number of hydrogen-bond acceptors (Lipinski definition) is 3. The van der Waals surface area contributed by atoms with E-state index in [4.69, 9.17) is 0 Å². The van der Waals surface area contributed by atoms with Gasteiger partial charge < -0.3 is 16.0 Å². The second-order valence-electron chi connectivity index (χ2n) is 8.88. The Morgan fingerprint density at radius 3 is 1.52 bits per heavy atom. The Kier molecular flexibility index (Phi) is 19.0. The van der Waals surface area contributed by atoms with Gasteiger partial charge in [0.05, 0.1) is 5.82 Å². The highest BCUT2D eigenvalue weighted by molar-refractivity contribution is 5.23. The molecule has 0 radical (unpaired) electrons. The van der Waals surface area contributed by atoms with Gasteiger partial charge in [-0.25, -0.2) is 0 Å². The summed E-state index contributed by atoms with van der Waals surface area (Å²) >= 11 is 0. The zero-order chi connectivity index (χ0) is 24.9. The molecule has 0 unspecified atom stereocenters. The van der Waals surface area contributed by atoms with E-state index in [0.29, 0.717) is 0 Å². The average molecular weight is 454 g/mol. The van der Waals surface area contributed by atoms with Crippen LogP contribution in [0.2, 0.25) is 0 Å². The monoisotopic (exact) mass is 453 g/mol. The van der Waals surface area contributed by atoms with Gasteiger partial charge in [-0.1, -0.05) is 109 Å². The first-order valence-corrected chi connectivity index (χ1v) is 12.9. The van der Waals surface area contributed by atoms with Crippen molar-refractivity contribution in [3.05, 3.63) is 83.2 Å². The van der Waals surface area contributed by atoms with E-state index in [2.05, 4.69) is 106 Å². The van der Waals surface area contributed by atoms with Gasteiger partial charge in [0.15, 0.2) is 0 Å². The highest BCUT2D eigenvalue weighted by Crippen LogP contribution is 2.06. The molecule has 3 heteroatoms. The van der Waals surface area contributed by atoms with E-state index in [1.54, 1.807) is 0 Å². The molecule has 2 aromatic rings. The number of piperidine rings is 1. The van der Waals surface area contributed by atoms with Crippen LogP contribution in [0.5, 0.6) is 0 Å². The molecule has 0 bridgehead atoms. The van der Waals surface area contributed by atoms with Crippen molar-refractivity contribution in [2.45, 2.75) is 87.2 Å². The van der Waals surface area contributed by atoms with Crippen molar-refractivity contribution in [1.29, 1.82) is 0 Å². The van der Waals surface area contributed by atoms with Gasteiger partial charge in [0.25, 0.3) is 0 Å². The van der Waals surface area contributed by atoms with Crippen molar-refractivity contribution in [3.63, 3.8) is 0 Å². The molecule has 1 aliphatic heterocycles. The predicted octanol–water partition coefficient (Wildman–Crippen LogP) is 7.36. The highest BCUT2D eigenvalue weighted by Gasteiger charge is 1.97. The van der Waals surface area contributed by atoms with Crippen molar-refractivity contribution in [2.24, 2.45) is 5.92 Å². The zero-order valence-corrected chi connectivity index (χ0v) is 22.6. The zero-order valence-electron chi connectivity index (χ0n) is 22.6. The Labute approximate surface area is 205 Å². The van der Waals surface area contributed by atoms with Crippen LogP contribution in [0.3, 0.4) is 0 Å². The molecule has 1 aliphatic rings. The van der Waals surface area contributed by atoms with Gasteiger partial charge in [-0.3, -0.25) is 0 Å². The van der Waals surface area contributed by atoms with Crippen LogP contribution in [-0.4, -0.2) is 13.1 Å². The summed E-state index contributed by atoms with van der Waals surface area (Å²) in [5.41, 5.74) is 5.18. The van der Waals surface area contributed by atoms with E-state index in [9.17, 15) is 0 Å². The van der Waals surface area contributed by atoms with Crippen LogP contribution in [0, 0.1) is 12.8 Å².